The van der Waals surface area contributed by atoms with Gasteiger partial charge < -0.3 is 0 Å². The van der Waals surface area contributed by atoms with Gasteiger partial charge in [0.15, 0.2) is 0 Å². The first kappa shape index (κ1) is 14.1. The summed E-state index contributed by atoms with van der Waals surface area (Å²) in [7, 11) is 0. The van der Waals surface area contributed by atoms with Crippen molar-refractivity contribution < 1.29 is 4.39 Å². The Bertz CT molecular complexity index is 524. The number of hydrogen-bond donors (Lipinski definition) is 1. The lowest BCUT2D eigenvalue weighted by Gasteiger charge is -2.20. The third-order valence-electron chi connectivity index (χ3n) is 2.97. The van der Waals surface area contributed by atoms with Crippen LogP contribution >= 0.6 is 11.3 Å². The molecule has 0 aliphatic rings. The van der Waals surface area contributed by atoms with Gasteiger partial charge in [-0.3, -0.25) is 10.3 Å². The molecule has 0 bridgehead atoms. The van der Waals surface area contributed by atoms with Gasteiger partial charge >= 0.3 is 0 Å². The molecule has 2 atom stereocenters. The predicted molar refractivity (Wildman–Crippen MR) is 75.6 cm³/mol. The third kappa shape index (κ3) is 3.58. The summed E-state index contributed by atoms with van der Waals surface area (Å²) in [5.74, 6) is -0.304. The zero-order valence-electron chi connectivity index (χ0n) is 11.4. The van der Waals surface area contributed by atoms with Crippen LogP contribution in [-0.4, -0.2) is 9.97 Å². The molecule has 102 valence electrons. The lowest BCUT2D eigenvalue weighted by Crippen LogP contribution is -2.25. The standard InChI is InChI=1S/C14H18FN3S/c1-4-12(13-6-5-11(15)7-16-13)18-10(3)14-17-9(2)8-19-14/h5-8,10,12,18H,4H2,1-3H3. The number of nitrogens with one attached hydrogen (secondary N) is 1. The van der Waals surface area contributed by atoms with Gasteiger partial charge in [0.05, 0.1) is 17.9 Å². The van der Waals surface area contributed by atoms with Crippen LogP contribution in [0.2, 0.25) is 0 Å². The van der Waals surface area contributed by atoms with E-state index in [2.05, 4.69) is 29.1 Å². The summed E-state index contributed by atoms with van der Waals surface area (Å²) < 4.78 is 12.9. The van der Waals surface area contributed by atoms with Gasteiger partial charge in [0.25, 0.3) is 0 Å². The second kappa shape index (κ2) is 6.21. The highest BCUT2D eigenvalue weighted by Crippen LogP contribution is 2.23. The Hall–Kier alpha value is -1.33. The van der Waals surface area contributed by atoms with Gasteiger partial charge in [-0.2, -0.15) is 0 Å². The first-order valence-corrected chi connectivity index (χ1v) is 7.27. The maximum Gasteiger partial charge on any atom is 0.141 e. The number of aromatic nitrogens is 2. The number of pyridine rings is 1. The monoisotopic (exact) mass is 279 g/mol. The molecular formula is C14H18FN3S. The van der Waals surface area contributed by atoms with Crippen LogP contribution in [0.5, 0.6) is 0 Å². The molecule has 0 aliphatic carbocycles. The number of thiazole rings is 1. The molecule has 0 radical (unpaired) electrons. The second-order valence-electron chi connectivity index (χ2n) is 4.58. The zero-order valence-corrected chi connectivity index (χ0v) is 12.2. The van der Waals surface area contributed by atoms with Crippen LogP contribution in [-0.2, 0) is 0 Å². The van der Waals surface area contributed by atoms with Gasteiger partial charge in [-0.1, -0.05) is 6.92 Å². The lowest BCUT2D eigenvalue weighted by molar-refractivity contribution is 0.445. The topological polar surface area (TPSA) is 37.8 Å². The summed E-state index contributed by atoms with van der Waals surface area (Å²) in [6.45, 7) is 6.17. The van der Waals surface area contributed by atoms with E-state index in [9.17, 15) is 4.39 Å². The summed E-state index contributed by atoms with van der Waals surface area (Å²) >= 11 is 1.65. The molecule has 0 aliphatic heterocycles. The normalized spacial score (nSPS) is 14.3. The third-order valence-corrected chi connectivity index (χ3v) is 4.12. The number of halogens is 1. The van der Waals surface area contributed by atoms with E-state index in [4.69, 9.17) is 0 Å². The average molecular weight is 279 g/mol. The van der Waals surface area contributed by atoms with Crippen LogP contribution in [0.4, 0.5) is 4.39 Å². The molecule has 0 fully saturated rings. The van der Waals surface area contributed by atoms with Gasteiger partial charge in [-0.25, -0.2) is 9.37 Å². The zero-order chi connectivity index (χ0) is 13.8. The molecule has 2 unspecified atom stereocenters. The summed E-state index contributed by atoms with van der Waals surface area (Å²) in [6.07, 6.45) is 2.16. The van der Waals surface area contributed by atoms with Crippen LogP contribution < -0.4 is 5.32 Å². The van der Waals surface area contributed by atoms with Crippen molar-refractivity contribution in [3.8, 4) is 0 Å². The van der Waals surface area contributed by atoms with Gasteiger partial charge in [0, 0.05) is 17.1 Å². The molecule has 2 heterocycles. The molecular weight excluding hydrogens is 261 g/mol. The van der Waals surface area contributed by atoms with Gasteiger partial charge in [0.2, 0.25) is 0 Å². The van der Waals surface area contributed by atoms with Crippen molar-refractivity contribution in [2.45, 2.75) is 39.3 Å². The van der Waals surface area contributed by atoms with Crippen molar-refractivity contribution in [1.82, 2.24) is 15.3 Å². The van der Waals surface area contributed by atoms with Crippen LogP contribution in [0.3, 0.4) is 0 Å². The number of aryl methyl sites for hydroxylation is 1. The van der Waals surface area contributed by atoms with E-state index in [1.165, 1.54) is 12.3 Å². The van der Waals surface area contributed by atoms with Crippen molar-refractivity contribution in [3.05, 3.63) is 45.9 Å². The minimum atomic E-state index is -0.304. The van der Waals surface area contributed by atoms with E-state index in [0.717, 1.165) is 22.8 Å². The van der Waals surface area contributed by atoms with Crippen LogP contribution in [0.1, 0.15) is 48.7 Å². The van der Waals surface area contributed by atoms with Crippen molar-refractivity contribution in [1.29, 1.82) is 0 Å². The predicted octanol–water partition coefficient (Wildman–Crippen LogP) is 3.79. The summed E-state index contributed by atoms with van der Waals surface area (Å²) in [6, 6.07) is 3.46. The Morgan fingerprint density at radius 2 is 2.21 bits per heavy atom. The first-order valence-electron chi connectivity index (χ1n) is 6.39. The van der Waals surface area contributed by atoms with Crippen molar-refractivity contribution >= 4 is 11.3 Å². The summed E-state index contributed by atoms with van der Waals surface area (Å²) in [5.41, 5.74) is 1.91. The SMILES string of the molecule is CCC(NC(C)c1nc(C)cs1)c1ccc(F)cn1. The maximum atomic E-state index is 12.9. The van der Waals surface area contributed by atoms with Gasteiger partial charge in [-0.05, 0) is 32.4 Å². The molecule has 0 spiro atoms. The molecule has 0 saturated heterocycles. The molecule has 0 amide bonds. The highest BCUT2D eigenvalue weighted by molar-refractivity contribution is 7.09. The van der Waals surface area contributed by atoms with Crippen molar-refractivity contribution in [2.75, 3.05) is 0 Å². The number of hydrogen-bond acceptors (Lipinski definition) is 4. The second-order valence-corrected chi connectivity index (χ2v) is 5.47. The Labute approximate surface area is 116 Å². The number of rotatable bonds is 5. The summed E-state index contributed by atoms with van der Waals surface area (Å²) in [4.78, 5) is 8.63. The Morgan fingerprint density at radius 3 is 2.74 bits per heavy atom. The Morgan fingerprint density at radius 1 is 1.42 bits per heavy atom. The van der Waals surface area contributed by atoms with Gasteiger partial charge in [0.1, 0.15) is 10.8 Å². The van der Waals surface area contributed by atoms with E-state index >= 15 is 0 Å². The molecule has 5 heteroatoms. The molecule has 19 heavy (non-hydrogen) atoms. The number of nitrogens with zero attached hydrogens (tertiary/aromatic N) is 2. The van der Waals surface area contributed by atoms with E-state index in [1.54, 1.807) is 17.4 Å². The van der Waals surface area contributed by atoms with E-state index in [1.807, 2.05) is 12.3 Å². The van der Waals surface area contributed by atoms with Crippen LogP contribution in [0, 0.1) is 12.7 Å². The first-order chi connectivity index (χ1) is 9.10. The van der Waals surface area contributed by atoms with Crippen LogP contribution in [0.15, 0.2) is 23.7 Å². The fraction of sp³-hybridized carbons (Fsp3) is 0.429. The molecule has 0 saturated carbocycles. The highest BCUT2D eigenvalue weighted by atomic mass is 32.1. The Kier molecular flexibility index (Phi) is 4.61. The fourth-order valence-corrected chi connectivity index (χ4v) is 2.76. The Balaban J connectivity index is 2.08. The van der Waals surface area contributed by atoms with Crippen LogP contribution in [0.25, 0.3) is 0 Å². The molecule has 1 N–H and O–H groups in total. The van der Waals surface area contributed by atoms with Crippen molar-refractivity contribution in [2.24, 2.45) is 0 Å². The summed E-state index contributed by atoms with van der Waals surface area (Å²) in [5, 5.41) is 6.61. The van der Waals surface area contributed by atoms with Gasteiger partial charge in [-0.15, -0.1) is 11.3 Å². The molecule has 0 aromatic carbocycles. The minimum absolute atomic E-state index is 0.111. The lowest BCUT2D eigenvalue weighted by atomic mass is 10.1. The maximum absolute atomic E-state index is 12.9. The van der Waals surface area contributed by atoms with Crippen molar-refractivity contribution in [3.63, 3.8) is 0 Å². The molecule has 3 nitrogen and oxygen atoms in total. The highest BCUT2D eigenvalue weighted by Gasteiger charge is 2.16. The van der Waals surface area contributed by atoms with E-state index in [0.29, 0.717) is 0 Å². The minimum Gasteiger partial charge on any atom is -0.300 e. The molecule has 2 rings (SSSR count). The molecule has 2 aromatic heterocycles. The average Bonchev–Trinajstić information content (AvgIpc) is 2.84. The molecule has 2 aromatic rings. The van der Waals surface area contributed by atoms with E-state index < -0.39 is 0 Å². The quantitative estimate of drug-likeness (QED) is 0.905. The fourth-order valence-electron chi connectivity index (χ4n) is 1.95. The smallest absolute Gasteiger partial charge is 0.141 e. The largest absolute Gasteiger partial charge is 0.300 e. The van der Waals surface area contributed by atoms with E-state index in [-0.39, 0.29) is 17.9 Å².